The number of fused-ring (bicyclic) bond motifs is 1. The van der Waals surface area contributed by atoms with Gasteiger partial charge in [-0.1, -0.05) is 20.8 Å². The number of nitrogens with one attached hydrogen (secondary N) is 1. The van der Waals surface area contributed by atoms with Crippen LogP contribution in [0, 0.1) is 0 Å². The van der Waals surface area contributed by atoms with Crippen molar-refractivity contribution in [2.45, 2.75) is 59.7 Å². The van der Waals surface area contributed by atoms with Crippen molar-refractivity contribution in [3.8, 4) is 0 Å². The zero-order valence-electron chi connectivity index (χ0n) is 13.7. The first-order chi connectivity index (χ1) is 10.2. The van der Waals surface area contributed by atoms with Gasteiger partial charge in [-0.25, -0.2) is 0 Å². The molecular weight excluding hydrogens is 262 g/mol. The topological polar surface area (TPSA) is 37.3 Å². The van der Waals surface area contributed by atoms with Crippen molar-refractivity contribution in [3.05, 3.63) is 33.2 Å². The highest BCUT2D eigenvalue weighted by Crippen LogP contribution is 2.19. The van der Waals surface area contributed by atoms with Crippen molar-refractivity contribution in [3.63, 3.8) is 0 Å². The molecule has 1 aliphatic rings. The quantitative estimate of drug-likeness (QED) is 0.782. The first-order valence-corrected chi connectivity index (χ1v) is 8.38. The number of nitrogens with zero attached hydrogens (tertiary/aromatic N) is 2. The van der Waals surface area contributed by atoms with Crippen molar-refractivity contribution in [1.82, 2.24) is 14.8 Å². The molecule has 4 nitrogen and oxygen atoms in total. The normalized spacial score (nSPS) is 15.2. The fraction of sp³-hybridized carbons (Fsp3) is 0.706. The van der Waals surface area contributed by atoms with Gasteiger partial charge in [0.15, 0.2) is 0 Å². The minimum absolute atomic E-state index is 0.212. The average molecular weight is 291 g/mol. The van der Waals surface area contributed by atoms with Gasteiger partial charge in [0.2, 0.25) is 0 Å². The largest absolute Gasteiger partial charge is 0.312 e. The van der Waals surface area contributed by atoms with Gasteiger partial charge in [0.1, 0.15) is 0 Å². The van der Waals surface area contributed by atoms with Crippen molar-refractivity contribution in [1.29, 1.82) is 0 Å². The number of hydrogen-bond donors (Lipinski definition) is 1. The van der Waals surface area contributed by atoms with E-state index in [1.54, 1.807) is 0 Å². The molecule has 0 amide bonds. The Hall–Kier alpha value is -1.13. The van der Waals surface area contributed by atoms with Gasteiger partial charge < -0.3 is 9.88 Å². The molecule has 0 saturated carbocycles. The van der Waals surface area contributed by atoms with Crippen LogP contribution in [-0.4, -0.2) is 29.1 Å². The Kier molecular flexibility index (Phi) is 6.00. The second-order valence-electron chi connectivity index (χ2n) is 5.89. The number of likely N-dealkylation sites (N-methyl/N-ethyl adjacent to an activating group) is 1. The molecule has 0 radical (unpaired) electrons. The second-order valence-corrected chi connectivity index (χ2v) is 5.89. The van der Waals surface area contributed by atoms with E-state index in [0.717, 1.165) is 57.5 Å². The summed E-state index contributed by atoms with van der Waals surface area (Å²) in [6.07, 6.45) is 3.11. The molecule has 2 heterocycles. The molecule has 4 heteroatoms. The zero-order valence-corrected chi connectivity index (χ0v) is 13.7. The standard InChI is InChI=1S/C17H29N3O/c1-4-8-18-12-14-11-15-13-19(6-3)10-7-16(15)20(9-5-2)17(14)21/h11,18H,4-10,12-13H2,1-3H3. The zero-order chi connectivity index (χ0) is 15.2. The Balaban J connectivity index is 2.34. The maximum absolute atomic E-state index is 12.7. The number of aromatic nitrogens is 1. The van der Waals surface area contributed by atoms with Crippen LogP contribution in [0.1, 0.15) is 50.4 Å². The lowest BCUT2D eigenvalue weighted by atomic mass is 10.0. The van der Waals surface area contributed by atoms with Gasteiger partial charge in [0, 0.05) is 43.9 Å². The van der Waals surface area contributed by atoms with E-state index in [1.807, 2.05) is 4.57 Å². The smallest absolute Gasteiger partial charge is 0.255 e. The van der Waals surface area contributed by atoms with Crippen LogP contribution in [0.3, 0.4) is 0 Å². The van der Waals surface area contributed by atoms with Crippen molar-refractivity contribution >= 4 is 0 Å². The lowest BCUT2D eigenvalue weighted by Crippen LogP contribution is -2.37. The van der Waals surface area contributed by atoms with E-state index in [0.29, 0.717) is 6.54 Å². The Bertz CT molecular complexity index is 522. The molecule has 118 valence electrons. The van der Waals surface area contributed by atoms with Gasteiger partial charge in [0.05, 0.1) is 0 Å². The third-order valence-electron chi connectivity index (χ3n) is 4.26. The highest BCUT2D eigenvalue weighted by molar-refractivity contribution is 5.29. The second kappa shape index (κ2) is 7.76. The molecule has 0 atom stereocenters. The molecule has 1 aliphatic heterocycles. The molecule has 21 heavy (non-hydrogen) atoms. The van der Waals surface area contributed by atoms with Gasteiger partial charge in [0.25, 0.3) is 5.56 Å². The van der Waals surface area contributed by atoms with E-state index in [9.17, 15) is 4.79 Å². The molecular formula is C17H29N3O. The summed E-state index contributed by atoms with van der Waals surface area (Å²) in [6, 6.07) is 2.15. The third-order valence-corrected chi connectivity index (χ3v) is 4.26. The lowest BCUT2D eigenvalue weighted by molar-refractivity contribution is 0.261. The van der Waals surface area contributed by atoms with Crippen LogP contribution in [-0.2, 0) is 26.1 Å². The average Bonchev–Trinajstić information content (AvgIpc) is 2.50. The summed E-state index contributed by atoms with van der Waals surface area (Å²) in [4.78, 5) is 15.1. The molecule has 0 fully saturated rings. The van der Waals surface area contributed by atoms with E-state index >= 15 is 0 Å². The first-order valence-electron chi connectivity index (χ1n) is 8.38. The fourth-order valence-corrected chi connectivity index (χ4v) is 3.10. The van der Waals surface area contributed by atoms with Crippen molar-refractivity contribution in [2.24, 2.45) is 0 Å². The van der Waals surface area contributed by atoms with Gasteiger partial charge in [-0.2, -0.15) is 0 Å². The molecule has 0 saturated heterocycles. The van der Waals surface area contributed by atoms with Crippen molar-refractivity contribution in [2.75, 3.05) is 19.6 Å². The van der Waals surface area contributed by atoms with Crippen LogP contribution in [0.2, 0.25) is 0 Å². The lowest BCUT2D eigenvalue weighted by Gasteiger charge is -2.30. The SMILES string of the molecule is CCCNCc1cc2c(n(CCC)c1=O)CCN(CC)C2. The predicted octanol–water partition coefficient (Wildman–Crippen LogP) is 2.14. The van der Waals surface area contributed by atoms with E-state index < -0.39 is 0 Å². The molecule has 1 N–H and O–H groups in total. The minimum Gasteiger partial charge on any atom is -0.312 e. The Morgan fingerprint density at radius 1 is 1.24 bits per heavy atom. The Labute approximate surface area is 128 Å². The summed E-state index contributed by atoms with van der Waals surface area (Å²) < 4.78 is 2.03. The summed E-state index contributed by atoms with van der Waals surface area (Å²) in [7, 11) is 0. The summed E-state index contributed by atoms with van der Waals surface area (Å²) in [5, 5.41) is 3.37. The summed E-state index contributed by atoms with van der Waals surface area (Å²) >= 11 is 0. The Morgan fingerprint density at radius 3 is 2.71 bits per heavy atom. The van der Waals surface area contributed by atoms with Crippen LogP contribution < -0.4 is 10.9 Å². The molecule has 0 spiro atoms. The first kappa shape index (κ1) is 16.2. The number of pyridine rings is 1. The van der Waals surface area contributed by atoms with Crippen LogP contribution in [0.25, 0.3) is 0 Å². The van der Waals surface area contributed by atoms with Crippen LogP contribution in [0.4, 0.5) is 0 Å². The molecule has 1 aromatic heterocycles. The van der Waals surface area contributed by atoms with Gasteiger partial charge in [-0.15, -0.1) is 0 Å². The van der Waals surface area contributed by atoms with Gasteiger partial charge in [-0.3, -0.25) is 9.69 Å². The summed E-state index contributed by atoms with van der Waals surface area (Å²) in [5.74, 6) is 0. The van der Waals surface area contributed by atoms with E-state index in [2.05, 4.69) is 37.1 Å². The van der Waals surface area contributed by atoms with E-state index in [1.165, 1.54) is 11.3 Å². The highest BCUT2D eigenvalue weighted by Gasteiger charge is 2.20. The van der Waals surface area contributed by atoms with Crippen LogP contribution in [0.5, 0.6) is 0 Å². The van der Waals surface area contributed by atoms with Crippen LogP contribution >= 0.6 is 0 Å². The monoisotopic (exact) mass is 291 g/mol. The highest BCUT2D eigenvalue weighted by atomic mass is 16.1. The number of rotatable bonds is 7. The molecule has 2 rings (SSSR count). The molecule has 0 aliphatic carbocycles. The molecule has 0 aromatic carbocycles. The molecule has 1 aromatic rings. The van der Waals surface area contributed by atoms with Crippen molar-refractivity contribution < 1.29 is 0 Å². The maximum atomic E-state index is 12.7. The minimum atomic E-state index is 0.212. The molecule has 0 unspecified atom stereocenters. The third kappa shape index (κ3) is 3.74. The summed E-state index contributed by atoms with van der Waals surface area (Å²) in [5.41, 5.74) is 3.76. The van der Waals surface area contributed by atoms with E-state index in [-0.39, 0.29) is 5.56 Å². The summed E-state index contributed by atoms with van der Waals surface area (Å²) in [6.45, 7) is 12.1. The fourth-order valence-electron chi connectivity index (χ4n) is 3.10. The maximum Gasteiger partial charge on any atom is 0.255 e. The van der Waals surface area contributed by atoms with Gasteiger partial charge >= 0.3 is 0 Å². The Morgan fingerprint density at radius 2 is 2.05 bits per heavy atom. The van der Waals surface area contributed by atoms with Crippen LogP contribution in [0.15, 0.2) is 10.9 Å². The van der Waals surface area contributed by atoms with Gasteiger partial charge in [-0.05, 0) is 37.6 Å². The molecule has 0 bridgehead atoms. The van der Waals surface area contributed by atoms with E-state index in [4.69, 9.17) is 0 Å². The predicted molar refractivity (Wildman–Crippen MR) is 87.6 cm³/mol. The number of hydrogen-bond acceptors (Lipinski definition) is 3.